The van der Waals surface area contributed by atoms with Crippen molar-refractivity contribution in [3.05, 3.63) is 42.5 Å². The summed E-state index contributed by atoms with van der Waals surface area (Å²) in [6, 6.07) is 13.5. The summed E-state index contributed by atoms with van der Waals surface area (Å²) in [5.74, 6) is 1.02. The Morgan fingerprint density at radius 1 is 1.22 bits per heavy atom. The van der Waals surface area contributed by atoms with Gasteiger partial charge in [0, 0.05) is 1.43 Å². The molecule has 2 aromatic rings. The van der Waals surface area contributed by atoms with Crippen molar-refractivity contribution >= 4 is 29.5 Å². The molecule has 0 fully saturated rings. The number of para-hydroxylation sites is 3. The molecule has 2 aliphatic heterocycles. The molecule has 0 saturated heterocycles. The molecule has 2 aromatic carbocycles. The summed E-state index contributed by atoms with van der Waals surface area (Å²) in [4.78, 5) is 6.01. The van der Waals surface area contributed by atoms with Gasteiger partial charge in [-0.05, 0) is 31.0 Å². The minimum Gasteiger partial charge on any atom is -0.489 e. The summed E-state index contributed by atoms with van der Waals surface area (Å²) in [5, 5.41) is 3.33. The van der Waals surface area contributed by atoms with Crippen LogP contribution in [0.2, 0.25) is 0 Å². The van der Waals surface area contributed by atoms with Crippen LogP contribution in [0.1, 0.15) is 15.3 Å². The van der Waals surface area contributed by atoms with E-state index in [0.717, 1.165) is 31.3 Å². The van der Waals surface area contributed by atoms with Crippen molar-refractivity contribution in [2.75, 3.05) is 35.8 Å². The molecule has 4 rings (SSSR count). The van der Waals surface area contributed by atoms with Crippen molar-refractivity contribution in [2.24, 2.45) is 4.99 Å². The largest absolute Gasteiger partial charge is 0.489 e. The lowest BCUT2D eigenvalue weighted by Crippen LogP contribution is -2.31. The van der Waals surface area contributed by atoms with Crippen LogP contribution in [0.25, 0.3) is 0 Å². The minimum absolute atomic E-state index is 0. The molecule has 5 heteroatoms. The predicted octanol–water partition coefficient (Wildman–Crippen LogP) is 4.14. The van der Waals surface area contributed by atoms with Crippen LogP contribution in [0.3, 0.4) is 0 Å². The SMILES string of the molecule is C=Nc1ccccc1N.CC.[HH].c1cc2c3c(c1)OCCN3CN2. The molecule has 124 valence electrons. The van der Waals surface area contributed by atoms with E-state index in [4.69, 9.17) is 10.5 Å². The summed E-state index contributed by atoms with van der Waals surface area (Å²) in [6.07, 6.45) is 0. The molecular weight excluding hydrogens is 288 g/mol. The zero-order valence-corrected chi connectivity index (χ0v) is 13.7. The minimum atomic E-state index is 0. The van der Waals surface area contributed by atoms with Gasteiger partial charge >= 0.3 is 0 Å². The van der Waals surface area contributed by atoms with E-state index in [2.05, 4.69) is 28.0 Å². The number of benzene rings is 2. The molecule has 2 aliphatic rings. The Kier molecular flexibility index (Phi) is 5.86. The standard InChI is InChI=1S/C9H10N2O.C7H8N2.C2H6.H2/c1-2-7-9-8(3-1)12-5-4-11(9)6-10-7;1-9-7-5-3-2-4-6(7)8;1-2;/h1-3,10H,4-6H2;2-5H,1,8H2;1-2H3;1H. The molecule has 0 saturated carbocycles. The molecule has 0 aliphatic carbocycles. The number of nitrogens with one attached hydrogen (secondary N) is 1. The van der Waals surface area contributed by atoms with Crippen LogP contribution in [0, 0.1) is 0 Å². The number of hydrogen-bond acceptors (Lipinski definition) is 5. The first-order chi connectivity index (χ1) is 11.3. The van der Waals surface area contributed by atoms with Crippen LogP contribution >= 0.6 is 0 Å². The Labute approximate surface area is 139 Å². The highest BCUT2D eigenvalue weighted by Gasteiger charge is 2.25. The van der Waals surface area contributed by atoms with Crippen LogP contribution in [-0.2, 0) is 0 Å². The first-order valence-corrected chi connectivity index (χ1v) is 7.85. The number of ether oxygens (including phenoxy) is 1. The third-order valence-electron chi connectivity index (χ3n) is 3.50. The van der Waals surface area contributed by atoms with Gasteiger partial charge in [0.2, 0.25) is 0 Å². The van der Waals surface area contributed by atoms with E-state index in [1.54, 1.807) is 6.07 Å². The van der Waals surface area contributed by atoms with Crippen LogP contribution in [0.15, 0.2) is 47.5 Å². The summed E-state index contributed by atoms with van der Waals surface area (Å²) in [6.45, 7) is 10.1. The van der Waals surface area contributed by atoms with Gasteiger partial charge in [-0.25, -0.2) is 0 Å². The predicted molar refractivity (Wildman–Crippen MR) is 101 cm³/mol. The summed E-state index contributed by atoms with van der Waals surface area (Å²) < 4.78 is 5.53. The number of aliphatic imine (C=N–C) groups is 1. The molecule has 0 bridgehead atoms. The second kappa shape index (κ2) is 8.08. The second-order valence-corrected chi connectivity index (χ2v) is 4.82. The van der Waals surface area contributed by atoms with Crippen molar-refractivity contribution in [1.29, 1.82) is 0 Å². The topological polar surface area (TPSA) is 62.9 Å². The van der Waals surface area contributed by atoms with Gasteiger partial charge in [0.05, 0.1) is 30.3 Å². The van der Waals surface area contributed by atoms with E-state index in [-0.39, 0.29) is 1.43 Å². The van der Waals surface area contributed by atoms with Crippen LogP contribution in [0.4, 0.5) is 22.7 Å². The third-order valence-corrected chi connectivity index (χ3v) is 3.50. The van der Waals surface area contributed by atoms with Crippen molar-refractivity contribution in [2.45, 2.75) is 13.8 Å². The van der Waals surface area contributed by atoms with Crippen molar-refractivity contribution in [3.8, 4) is 5.75 Å². The van der Waals surface area contributed by atoms with Gasteiger partial charge in [0.1, 0.15) is 18.0 Å². The maximum Gasteiger partial charge on any atom is 0.144 e. The average Bonchev–Trinajstić information content (AvgIpc) is 3.04. The van der Waals surface area contributed by atoms with E-state index >= 15 is 0 Å². The maximum atomic E-state index is 5.53. The van der Waals surface area contributed by atoms with Gasteiger partial charge in [0.25, 0.3) is 0 Å². The smallest absolute Gasteiger partial charge is 0.144 e. The Morgan fingerprint density at radius 2 is 2.00 bits per heavy atom. The van der Waals surface area contributed by atoms with Gasteiger partial charge < -0.3 is 20.7 Å². The zero-order valence-electron chi connectivity index (χ0n) is 13.7. The first kappa shape index (κ1) is 16.7. The van der Waals surface area contributed by atoms with E-state index in [1.165, 1.54) is 11.4 Å². The second-order valence-electron chi connectivity index (χ2n) is 4.82. The molecule has 23 heavy (non-hydrogen) atoms. The van der Waals surface area contributed by atoms with Gasteiger partial charge in [-0.15, -0.1) is 0 Å². The number of nitrogen functional groups attached to an aromatic ring is 1. The lowest BCUT2D eigenvalue weighted by Gasteiger charge is -2.25. The fraction of sp³-hybridized carbons (Fsp3) is 0.278. The lowest BCUT2D eigenvalue weighted by molar-refractivity contribution is 0.311. The van der Waals surface area contributed by atoms with Crippen molar-refractivity contribution < 1.29 is 6.16 Å². The monoisotopic (exact) mass is 314 g/mol. The van der Waals surface area contributed by atoms with E-state index < -0.39 is 0 Å². The normalized spacial score (nSPS) is 13.2. The molecule has 2 heterocycles. The van der Waals surface area contributed by atoms with Crippen molar-refractivity contribution in [1.82, 2.24) is 0 Å². The fourth-order valence-corrected chi connectivity index (χ4v) is 2.46. The Hall–Kier alpha value is -2.69. The summed E-state index contributed by atoms with van der Waals surface area (Å²) in [5.41, 5.74) is 9.36. The molecule has 0 unspecified atom stereocenters. The van der Waals surface area contributed by atoms with Gasteiger partial charge in [-0.3, -0.25) is 4.99 Å². The van der Waals surface area contributed by atoms with E-state index in [0.29, 0.717) is 5.69 Å². The number of nitrogens with two attached hydrogens (primary N) is 1. The van der Waals surface area contributed by atoms with Crippen LogP contribution < -0.4 is 20.7 Å². The number of nitrogens with zero attached hydrogens (tertiary/aromatic N) is 2. The molecule has 0 aromatic heterocycles. The quantitative estimate of drug-likeness (QED) is 0.613. The Morgan fingerprint density at radius 3 is 2.70 bits per heavy atom. The zero-order chi connectivity index (χ0) is 16.7. The van der Waals surface area contributed by atoms with E-state index in [9.17, 15) is 0 Å². The lowest BCUT2D eigenvalue weighted by atomic mass is 10.2. The highest BCUT2D eigenvalue weighted by atomic mass is 16.5. The average molecular weight is 314 g/mol. The Balaban J connectivity index is 0.000000217. The number of rotatable bonds is 1. The summed E-state index contributed by atoms with van der Waals surface area (Å²) >= 11 is 0. The van der Waals surface area contributed by atoms with Crippen LogP contribution in [0.5, 0.6) is 5.75 Å². The van der Waals surface area contributed by atoms with Gasteiger partial charge in [0.15, 0.2) is 0 Å². The van der Waals surface area contributed by atoms with Gasteiger partial charge in [-0.2, -0.15) is 0 Å². The molecule has 0 atom stereocenters. The highest BCUT2D eigenvalue weighted by molar-refractivity contribution is 5.81. The molecule has 0 radical (unpaired) electrons. The maximum absolute atomic E-state index is 5.53. The number of anilines is 3. The molecule has 3 N–H and O–H groups in total. The van der Waals surface area contributed by atoms with Crippen LogP contribution in [-0.4, -0.2) is 26.5 Å². The molecule has 0 spiro atoms. The third kappa shape index (κ3) is 3.74. The molecular formula is C18H26N4O. The Bertz CT molecular complexity index is 663. The first-order valence-electron chi connectivity index (χ1n) is 7.85. The van der Waals surface area contributed by atoms with Crippen molar-refractivity contribution in [3.63, 3.8) is 0 Å². The fourth-order valence-electron chi connectivity index (χ4n) is 2.46. The number of hydrogen-bond donors (Lipinski definition) is 2. The van der Waals surface area contributed by atoms with Gasteiger partial charge in [-0.1, -0.05) is 32.0 Å². The molecule has 0 amide bonds. The summed E-state index contributed by atoms with van der Waals surface area (Å²) in [7, 11) is 0. The van der Waals surface area contributed by atoms with E-state index in [1.807, 2.05) is 44.2 Å². The highest BCUT2D eigenvalue weighted by Crippen LogP contribution is 2.41. The molecule has 5 nitrogen and oxygen atoms in total.